The van der Waals surface area contributed by atoms with Crippen molar-refractivity contribution in [3.63, 3.8) is 0 Å². The third kappa shape index (κ3) is 7.31. The molecule has 0 aliphatic carbocycles. The van der Waals surface area contributed by atoms with Gasteiger partial charge in [0.2, 0.25) is 0 Å². The lowest BCUT2D eigenvalue weighted by molar-refractivity contribution is 0.0599. The van der Waals surface area contributed by atoms with Crippen molar-refractivity contribution in [1.82, 2.24) is 0 Å². The molecule has 0 saturated heterocycles. The Bertz CT molecular complexity index is 203. The number of amides is 1. The maximum Gasteiger partial charge on any atom is 0.437 e. The molecule has 0 fully saturated rings. The Morgan fingerprint density at radius 2 is 1.92 bits per heavy atom. The topological polar surface area (TPSA) is 47.9 Å². The minimum absolute atomic E-state index is 0.330. The van der Waals surface area contributed by atoms with Crippen molar-refractivity contribution in [2.45, 2.75) is 40.2 Å². The van der Waals surface area contributed by atoms with Crippen molar-refractivity contribution in [3.05, 3.63) is 0 Å². The minimum Gasteiger partial charge on any atom is -0.481 e. The summed E-state index contributed by atoms with van der Waals surface area (Å²) in [4.78, 5) is 14.6. The Morgan fingerprint density at radius 1 is 1.38 bits per heavy atom. The molecule has 76 valence electrons. The molecule has 4 nitrogen and oxygen atoms in total. The molecule has 1 amide bonds. The van der Waals surface area contributed by atoms with E-state index in [2.05, 4.69) is 4.99 Å². The quantitative estimate of drug-likeness (QED) is 0.467. The zero-order chi connectivity index (χ0) is 10.5. The smallest absolute Gasteiger partial charge is 0.437 e. The second kappa shape index (κ2) is 4.84. The SMILES string of the molecule is CCO/C(C)=N\C(=O)OC(C)(C)C. The third-order valence-corrected chi connectivity index (χ3v) is 0.995. The Hall–Kier alpha value is -1.06. The summed E-state index contributed by atoms with van der Waals surface area (Å²) in [6.45, 7) is 9.31. The van der Waals surface area contributed by atoms with Crippen LogP contribution < -0.4 is 0 Å². The monoisotopic (exact) mass is 187 g/mol. The van der Waals surface area contributed by atoms with Gasteiger partial charge in [-0.25, -0.2) is 4.79 Å². The molecule has 0 aromatic heterocycles. The van der Waals surface area contributed by atoms with Crippen LogP contribution >= 0.6 is 0 Å². The third-order valence-electron chi connectivity index (χ3n) is 0.995. The summed E-state index contributed by atoms with van der Waals surface area (Å²) >= 11 is 0. The van der Waals surface area contributed by atoms with E-state index in [1.807, 2.05) is 6.92 Å². The van der Waals surface area contributed by atoms with Gasteiger partial charge in [-0.15, -0.1) is 4.99 Å². The normalized spacial score (nSPS) is 12.5. The van der Waals surface area contributed by atoms with Gasteiger partial charge in [-0.1, -0.05) is 0 Å². The van der Waals surface area contributed by atoms with Gasteiger partial charge in [0.15, 0.2) is 5.90 Å². The highest BCUT2D eigenvalue weighted by molar-refractivity contribution is 5.86. The average molecular weight is 187 g/mol. The highest BCUT2D eigenvalue weighted by Crippen LogP contribution is 2.07. The number of nitrogens with zero attached hydrogens (tertiary/aromatic N) is 1. The number of hydrogen-bond acceptors (Lipinski definition) is 3. The van der Waals surface area contributed by atoms with E-state index in [9.17, 15) is 4.79 Å². The van der Waals surface area contributed by atoms with E-state index in [1.54, 1.807) is 27.7 Å². The number of ether oxygens (including phenoxy) is 2. The van der Waals surface area contributed by atoms with Gasteiger partial charge in [-0.05, 0) is 27.7 Å². The van der Waals surface area contributed by atoms with E-state index >= 15 is 0 Å². The van der Waals surface area contributed by atoms with E-state index in [0.717, 1.165) is 0 Å². The molecule has 0 saturated carbocycles. The standard InChI is InChI=1S/C9H17NO3/c1-6-12-7(2)10-8(11)13-9(3,4)5/h6H2,1-5H3/b10-7-. The number of aliphatic imine (C=N–C) groups is 1. The molecule has 0 aliphatic heterocycles. The van der Waals surface area contributed by atoms with Crippen LogP contribution in [-0.4, -0.2) is 24.2 Å². The molecule has 0 N–H and O–H groups in total. The fourth-order valence-electron chi connectivity index (χ4n) is 0.654. The zero-order valence-corrected chi connectivity index (χ0v) is 8.88. The maximum atomic E-state index is 11.1. The van der Waals surface area contributed by atoms with Gasteiger partial charge < -0.3 is 9.47 Å². The number of rotatable bonds is 1. The Kier molecular flexibility index (Phi) is 4.45. The van der Waals surface area contributed by atoms with Gasteiger partial charge in [0.1, 0.15) is 5.60 Å². The van der Waals surface area contributed by atoms with Crippen LogP contribution in [0.15, 0.2) is 4.99 Å². The maximum absolute atomic E-state index is 11.1. The van der Waals surface area contributed by atoms with Crippen LogP contribution in [0.3, 0.4) is 0 Å². The predicted octanol–water partition coefficient (Wildman–Crippen LogP) is 2.38. The molecule has 0 aliphatic rings. The van der Waals surface area contributed by atoms with E-state index in [1.165, 1.54) is 0 Å². The first-order chi connectivity index (χ1) is 5.85. The predicted molar refractivity (Wildman–Crippen MR) is 51.0 cm³/mol. The summed E-state index contributed by atoms with van der Waals surface area (Å²) in [7, 11) is 0. The van der Waals surface area contributed by atoms with Gasteiger partial charge >= 0.3 is 6.09 Å². The highest BCUT2D eigenvalue weighted by atomic mass is 16.6. The minimum atomic E-state index is -0.613. The Balaban J connectivity index is 4.07. The van der Waals surface area contributed by atoms with E-state index in [4.69, 9.17) is 9.47 Å². The Labute approximate surface area is 78.9 Å². The van der Waals surface area contributed by atoms with Gasteiger partial charge in [-0.3, -0.25) is 0 Å². The fraction of sp³-hybridized carbons (Fsp3) is 0.778. The van der Waals surface area contributed by atoms with E-state index in [0.29, 0.717) is 12.5 Å². The molecule has 0 radical (unpaired) electrons. The summed E-state index contributed by atoms with van der Waals surface area (Å²) in [5, 5.41) is 0. The molecular formula is C9H17NO3. The van der Waals surface area contributed by atoms with Crippen LogP contribution in [-0.2, 0) is 9.47 Å². The lowest BCUT2D eigenvalue weighted by Crippen LogP contribution is -2.22. The molecule has 0 rings (SSSR count). The zero-order valence-electron chi connectivity index (χ0n) is 8.88. The molecule has 13 heavy (non-hydrogen) atoms. The number of carbonyl (C=O) groups excluding carboxylic acids is 1. The highest BCUT2D eigenvalue weighted by Gasteiger charge is 2.15. The van der Waals surface area contributed by atoms with Gasteiger partial charge in [0.25, 0.3) is 0 Å². The van der Waals surface area contributed by atoms with Crippen molar-refractivity contribution < 1.29 is 14.3 Å². The van der Waals surface area contributed by atoms with Crippen LogP contribution in [0, 0.1) is 0 Å². The van der Waals surface area contributed by atoms with Crippen molar-refractivity contribution >= 4 is 12.0 Å². The molecule has 0 aromatic carbocycles. The van der Waals surface area contributed by atoms with Crippen molar-refractivity contribution in [3.8, 4) is 0 Å². The Morgan fingerprint density at radius 3 is 2.31 bits per heavy atom. The van der Waals surface area contributed by atoms with Crippen LogP contribution in [0.1, 0.15) is 34.6 Å². The van der Waals surface area contributed by atoms with Crippen molar-refractivity contribution in [2.24, 2.45) is 4.99 Å². The fourth-order valence-corrected chi connectivity index (χ4v) is 0.654. The average Bonchev–Trinajstić information content (AvgIpc) is 1.81. The number of hydrogen-bond donors (Lipinski definition) is 0. The summed E-state index contributed by atoms with van der Waals surface area (Å²) in [5.74, 6) is 0.330. The molecule has 0 aromatic rings. The van der Waals surface area contributed by atoms with Crippen LogP contribution in [0.5, 0.6) is 0 Å². The summed E-state index contributed by atoms with van der Waals surface area (Å²) in [6.07, 6.45) is -0.613. The van der Waals surface area contributed by atoms with Crippen LogP contribution in [0.25, 0.3) is 0 Å². The molecular weight excluding hydrogens is 170 g/mol. The summed E-state index contributed by atoms with van der Waals surface area (Å²) < 4.78 is 9.92. The van der Waals surface area contributed by atoms with Gasteiger partial charge in [-0.2, -0.15) is 0 Å². The van der Waals surface area contributed by atoms with Crippen LogP contribution in [0.2, 0.25) is 0 Å². The van der Waals surface area contributed by atoms with Crippen molar-refractivity contribution in [2.75, 3.05) is 6.61 Å². The molecule has 4 heteroatoms. The second-order valence-electron chi connectivity index (χ2n) is 3.54. The number of carbonyl (C=O) groups is 1. The largest absolute Gasteiger partial charge is 0.481 e. The van der Waals surface area contributed by atoms with Gasteiger partial charge in [0.05, 0.1) is 6.61 Å². The first-order valence-corrected chi connectivity index (χ1v) is 4.26. The molecule has 0 unspecified atom stereocenters. The van der Waals surface area contributed by atoms with Crippen molar-refractivity contribution in [1.29, 1.82) is 0 Å². The molecule has 0 heterocycles. The lowest BCUT2D eigenvalue weighted by atomic mass is 10.2. The first kappa shape index (κ1) is 11.9. The van der Waals surface area contributed by atoms with Gasteiger partial charge in [0, 0.05) is 6.92 Å². The van der Waals surface area contributed by atoms with Crippen LogP contribution in [0.4, 0.5) is 4.79 Å². The first-order valence-electron chi connectivity index (χ1n) is 4.26. The molecule has 0 spiro atoms. The van der Waals surface area contributed by atoms with E-state index < -0.39 is 11.7 Å². The molecule has 0 bridgehead atoms. The second-order valence-corrected chi connectivity index (χ2v) is 3.54. The molecule has 0 atom stereocenters. The summed E-state index contributed by atoms with van der Waals surface area (Å²) in [6, 6.07) is 0. The summed E-state index contributed by atoms with van der Waals surface area (Å²) in [5.41, 5.74) is -0.507. The van der Waals surface area contributed by atoms with E-state index in [-0.39, 0.29) is 0 Å². The lowest BCUT2D eigenvalue weighted by Gasteiger charge is -2.17.